The van der Waals surface area contributed by atoms with Gasteiger partial charge in [0.25, 0.3) is 0 Å². The van der Waals surface area contributed by atoms with Gasteiger partial charge in [0.05, 0.1) is 6.61 Å². The number of hydrogen-bond donors (Lipinski definition) is 1. The lowest BCUT2D eigenvalue weighted by Crippen LogP contribution is -2.13. The highest BCUT2D eigenvalue weighted by molar-refractivity contribution is 14.1. The van der Waals surface area contributed by atoms with Crippen LogP contribution in [-0.2, 0) is 13.1 Å². The van der Waals surface area contributed by atoms with Crippen molar-refractivity contribution >= 4 is 35.0 Å². The molecular weight excluding hydrogens is 385 g/mol. The normalized spacial score (nSPS) is 9.90. The van der Waals surface area contributed by atoms with E-state index in [1.165, 1.54) is 14.7 Å². The maximum absolute atomic E-state index is 5.65. The van der Waals surface area contributed by atoms with E-state index in [1.807, 2.05) is 19.1 Å². The lowest BCUT2D eigenvalue weighted by molar-refractivity contribution is 0.335. The molecular formula is C16H19ClINO. The zero-order chi connectivity index (χ0) is 13.5. The minimum absolute atomic E-state index is 0. The van der Waals surface area contributed by atoms with Gasteiger partial charge in [-0.1, -0.05) is 30.3 Å². The van der Waals surface area contributed by atoms with E-state index in [1.54, 1.807) is 0 Å². The van der Waals surface area contributed by atoms with Crippen molar-refractivity contribution in [2.75, 3.05) is 6.61 Å². The molecule has 0 fully saturated rings. The van der Waals surface area contributed by atoms with Gasteiger partial charge in [0, 0.05) is 22.2 Å². The van der Waals surface area contributed by atoms with Crippen LogP contribution in [-0.4, -0.2) is 6.61 Å². The van der Waals surface area contributed by atoms with Crippen LogP contribution in [0.2, 0.25) is 0 Å². The van der Waals surface area contributed by atoms with Crippen LogP contribution in [0.25, 0.3) is 0 Å². The summed E-state index contributed by atoms with van der Waals surface area (Å²) in [5.41, 5.74) is 2.51. The van der Waals surface area contributed by atoms with Gasteiger partial charge in [-0.05, 0) is 53.3 Å². The molecule has 2 rings (SSSR count). The lowest BCUT2D eigenvalue weighted by atomic mass is 10.2. The summed E-state index contributed by atoms with van der Waals surface area (Å²) in [4.78, 5) is 0. The molecule has 0 saturated heterocycles. The summed E-state index contributed by atoms with van der Waals surface area (Å²) in [7, 11) is 0. The van der Waals surface area contributed by atoms with Gasteiger partial charge in [0.15, 0.2) is 0 Å². The first kappa shape index (κ1) is 17.3. The minimum atomic E-state index is 0. The van der Waals surface area contributed by atoms with E-state index in [4.69, 9.17) is 4.74 Å². The Labute approximate surface area is 140 Å². The SMILES string of the molecule is CCOc1ccc(I)cc1CNCc1ccccc1.Cl. The van der Waals surface area contributed by atoms with Gasteiger partial charge in [0.2, 0.25) is 0 Å². The van der Waals surface area contributed by atoms with Gasteiger partial charge < -0.3 is 10.1 Å². The molecule has 0 heterocycles. The van der Waals surface area contributed by atoms with Crippen LogP contribution in [0.15, 0.2) is 48.5 Å². The molecule has 20 heavy (non-hydrogen) atoms. The fraction of sp³-hybridized carbons (Fsp3) is 0.250. The Morgan fingerprint density at radius 2 is 1.80 bits per heavy atom. The molecule has 0 unspecified atom stereocenters. The Hall–Kier alpha value is -0.780. The first-order valence-corrected chi connectivity index (χ1v) is 7.53. The average molecular weight is 404 g/mol. The summed E-state index contributed by atoms with van der Waals surface area (Å²) >= 11 is 2.33. The molecule has 0 saturated carbocycles. The Balaban J connectivity index is 0.00000200. The van der Waals surface area contributed by atoms with Crippen LogP contribution in [0.3, 0.4) is 0 Å². The third-order valence-electron chi connectivity index (χ3n) is 2.81. The molecule has 0 amide bonds. The monoisotopic (exact) mass is 403 g/mol. The first-order chi connectivity index (χ1) is 9.29. The van der Waals surface area contributed by atoms with Crippen molar-refractivity contribution in [3.05, 3.63) is 63.2 Å². The van der Waals surface area contributed by atoms with E-state index < -0.39 is 0 Å². The second-order valence-corrected chi connectivity index (χ2v) is 5.52. The lowest BCUT2D eigenvalue weighted by Gasteiger charge is -2.11. The zero-order valence-electron chi connectivity index (χ0n) is 11.4. The van der Waals surface area contributed by atoms with Crippen molar-refractivity contribution in [3.8, 4) is 5.75 Å². The molecule has 1 N–H and O–H groups in total. The molecule has 4 heteroatoms. The van der Waals surface area contributed by atoms with Gasteiger partial charge in [-0.2, -0.15) is 0 Å². The Morgan fingerprint density at radius 3 is 2.50 bits per heavy atom. The van der Waals surface area contributed by atoms with Crippen LogP contribution >= 0.6 is 35.0 Å². The first-order valence-electron chi connectivity index (χ1n) is 6.45. The van der Waals surface area contributed by atoms with Crippen LogP contribution < -0.4 is 10.1 Å². The van der Waals surface area contributed by atoms with Crippen molar-refractivity contribution in [2.24, 2.45) is 0 Å². The summed E-state index contributed by atoms with van der Waals surface area (Å²) in [6, 6.07) is 16.7. The molecule has 0 radical (unpaired) electrons. The molecule has 2 aromatic rings. The van der Waals surface area contributed by atoms with Crippen molar-refractivity contribution in [2.45, 2.75) is 20.0 Å². The van der Waals surface area contributed by atoms with Crippen LogP contribution in [0.1, 0.15) is 18.1 Å². The summed E-state index contributed by atoms with van der Waals surface area (Å²) in [6.45, 7) is 4.41. The molecule has 2 nitrogen and oxygen atoms in total. The molecule has 108 valence electrons. The van der Waals surface area contributed by atoms with Crippen molar-refractivity contribution < 1.29 is 4.74 Å². The van der Waals surface area contributed by atoms with E-state index >= 15 is 0 Å². The van der Waals surface area contributed by atoms with Crippen LogP contribution in [0.5, 0.6) is 5.75 Å². The summed E-state index contributed by atoms with van der Waals surface area (Å²) < 4.78 is 6.89. The molecule has 0 aromatic heterocycles. The van der Waals surface area contributed by atoms with Crippen molar-refractivity contribution in [1.82, 2.24) is 5.32 Å². The molecule has 0 aliphatic carbocycles. The number of nitrogens with one attached hydrogen (secondary N) is 1. The number of benzene rings is 2. The van der Waals surface area contributed by atoms with Gasteiger partial charge in [-0.25, -0.2) is 0 Å². The third-order valence-corrected chi connectivity index (χ3v) is 3.48. The molecule has 2 aromatic carbocycles. The maximum atomic E-state index is 5.65. The van der Waals surface area contributed by atoms with Crippen molar-refractivity contribution in [3.63, 3.8) is 0 Å². The maximum Gasteiger partial charge on any atom is 0.123 e. The van der Waals surface area contributed by atoms with Gasteiger partial charge in [-0.3, -0.25) is 0 Å². The summed E-state index contributed by atoms with van der Waals surface area (Å²) in [6.07, 6.45) is 0. The molecule has 0 aliphatic rings. The largest absolute Gasteiger partial charge is 0.494 e. The second-order valence-electron chi connectivity index (χ2n) is 4.27. The van der Waals surface area contributed by atoms with Crippen LogP contribution in [0, 0.1) is 3.57 Å². The summed E-state index contributed by atoms with van der Waals surface area (Å²) in [5.74, 6) is 0.975. The highest BCUT2D eigenvalue weighted by Gasteiger charge is 2.04. The fourth-order valence-corrected chi connectivity index (χ4v) is 2.48. The minimum Gasteiger partial charge on any atom is -0.494 e. The van der Waals surface area contributed by atoms with E-state index in [9.17, 15) is 0 Å². The average Bonchev–Trinajstić information content (AvgIpc) is 2.43. The number of halogens is 2. The van der Waals surface area contributed by atoms with Gasteiger partial charge in [0.1, 0.15) is 5.75 Å². The number of rotatable bonds is 6. The predicted molar refractivity (Wildman–Crippen MR) is 94.6 cm³/mol. The third kappa shape index (κ3) is 5.31. The predicted octanol–water partition coefficient (Wildman–Crippen LogP) is 4.40. The number of ether oxygens (including phenoxy) is 1. The second kappa shape index (κ2) is 9.21. The molecule has 0 aliphatic heterocycles. The Kier molecular flexibility index (Phi) is 7.95. The Morgan fingerprint density at radius 1 is 1.05 bits per heavy atom. The van der Waals surface area contributed by atoms with Gasteiger partial charge in [-0.15, -0.1) is 12.4 Å². The highest BCUT2D eigenvalue weighted by atomic mass is 127. The van der Waals surface area contributed by atoms with E-state index in [0.29, 0.717) is 6.61 Å². The molecule has 0 bridgehead atoms. The van der Waals surface area contributed by atoms with Crippen molar-refractivity contribution in [1.29, 1.82) is 0 Å². The van der Waals surface area contributed by atoms with E-state index in [0.717, 1.165) is 18.8 Å². The van der Waals surface area contributed by atoms with Crippen LogP contribution in [0.4, 0.5) is 0 Å². The van der Waals surface area contributed by atoms with E-state index in [2.05, 4.69) is 64.3 Å². The summed E-state index contributed by atoms with van der Waals surface area (Å²) in [5, 5.41) is 3.46. The highest BCUT2D eigenvalue weighted by Crippen LogP contribution is 2.21. The van der Waals surface area contributed by atoms with Gasteiger partial charge >= 0.3 is 0 Å². The number of hydrogen-bond acceptors (Lipinski definition) is 2. The standard InChI is InChI=1S/C16H18INO.ClH/c1-2-19-16-9-8-15(17)10-14(16)12-18-11-13-6-4-3-5-7-13;/h3-10,18H,2,11-12H2,1H3;1H. The fourth-order valence-electron chi connectivity index (χ4n) is 1.92. The Bertz CT molecular complexity index is 519. The molecule has 0 atom stereocenters. The molecule has 0 spiro atoms. The topological polar surface area (TPSA) is 21.3 Å². The zero-order valence-corrected chi connectivity index (χ0v) is 14.4. The van der Waals surface area contributed by atoms with E-state index in [-0.39, 0.29) is 12.4 Å². The smallest absolute Gasteiger partial charge is 0.123 e. The quantitative estimate of drug-likeness (QED) is 0.722.